The van der Waals surface area contributed by atoms with Crippen LogP contribution in [0.3, 0.4) is 0 Å². The summed E-state index contributed by atoms with van der Waals surface area (Å²) in [6.45, 7) is 1.91. The number of ketones is 1. The van der Waals surface area contributed by atoms with Gasteiger partial charge in [-0.15, -0.1) is 0 Å². The fraction of sp³-hybridized carbons (Fsp3) is 0.333. The van der Waals surface area contributed by atoms with Crippen LogP contribution in [-0.4, -0.2) is 15.3 Å². The zero-order chi connectivity index (χ0) is 17.6. The van der Waals surface area contributed by atoms with Crippen LogP contribution in [0, 0.1) is 0 Å². The number of benzene rings is 1. The predicted octanol–water partition coefficient (Wildman–Crippen LogP) is 3.93. The number of H-pyrrole nitrogens is 1. The number of carbonyl (C=O) groups excluding carboxylic acids is 1. The number of nitrogens with zero attached hydrogens (tertiary/aromatic N) is 1. The Balaban J connectivity index is 1.76. The molecule has 0 amide bonds. The second-order valence-electron chi connectivity index (χ2n) is 7.28. The van der Waals surface area contributed by atoms with Crippen LogP contribution in [0.5, 0.6) is 0 Å². The highest BCUT2D eigenvalue weighted by Crippen LogP contribution is 2.35. The summed E-state index contributed by atoms with van der Waals surface area (Å²) in [4.78, 5) is 28.1. The number of aryl methyl sites for hydroxylation is 1. The number of pyridine rings is 1. The molecule has 0 aliphatic heterocycles. The second-order valence-corrected chi connectivity index (χ2v) is 7.28. The van der Waals surface area contributed by atoms with Gasteiger partial charge in [0.2, 0.25) is 0 Å². The Morgan fingerprint density at radius 1 is 1.08 bits per heavy atom. The fourth-order valence-electron chi connectivity index (χ4n) is 3.99. The molecule has 2 aromatic heterocycles. The van der Waals surface area contributed by atoms with E-state index < -0.39 is 5.41 Å². The molecule has 0 spiro atoms. The third-order valence-electron chi connectivity index (χ3n) is 5.65. The zero-order valence-electron chi connectivity index (χ0n) is 14.6. The molecule has 4 rings (SSSR count). The standard InChI is InChI=1S/C21H22N2O2/c1-21(11-4-3-5-19(21)24)16-7-8-17(22-20(16)25)14-6-9-18-15(13-14)10-12-23(18)2/h6-10,12-13H,3-5,11H2,1-2H3,(H,22,25)/t21-/m1/s1. The van der Waals surface area contributed by atoms with Gasteiger partial charge in [-0.2, -0.15) is 0 Å². The highest BCUT2D eigenvalue weighted by atomic mass is 16.1. The van der Waals surface area contributed by atoms with Crippen LogP contribution in [0.25, 0.3) is 22.2 Å². The lowest BCUT2D eigenvalue weighted by Crippen LogP contribution is -2.40. The number of hydrogen-bond donors (Lipinski definition) is 1. The fourth-order valence-corrected chi connectivity index (χ4v) is 3.99. The number of Topliss-reactive ketones (excluding diaryl/α,β-unsaturated/α-hetero) is 1. The molecule has 0 saturated heterocycles. The van der Waals surface area contributed by atoms with Gasteiger partial charge < -0.3 is 9.55 Å². The molecule has 25 heavy (non-hydrogen) atoms. The van der Waals surface area contributed by atoms with Crippen molar-refractivity contribution in [2.24, 2.45) is 7.05 Å². The Bertz CT molecular complexity index is 1030. The summed E-state index contributed by atoms with van der Waals surface area (Å²) in [6.07, 6.45) is 5.28. The summed E-state index contributed by atoms with van der Waals surface area (Å²) < 4.78 is 2.07. The van der Waals surface area contributed by atoms with E-state index in [4.69, 9.17) is 0 Å². The van der Waals surface area contributed by atoms with Crippen molar-refractivity contribution in [3.05, 3.63) is 58.5 Å². The molecular formula is C21H22N2O2. The molecule has 1 aliphatic carbocycles. The first kappa shape index (κ1) is 15.9. The van der Waals surface area contributed by atoms with Crippen molar-refractivity contribution in [1.82, 2.24) is 9.55 Å². The van der Waals surface area contributed by atoms with Crippen LogP contribution < -0.4 is 5.56 Å². The summed E-state index contributed by atoms with van der Waals surface area (Å²) >= 11 is 0. The molecule has 2 heterocycles. The molecular weight excluding hydrogens is 312 g/mol. The number of aromatic nitrogens is 2. The highest BCUT2D eigenvalue weighted by molar-refractivity contribution is 5.90. The van der Waals surface area contributed by atoms with E-state index in [9.17, 15) is 9.59 Å². The van der Waals surface area contributed by atoms with Crippen molar-refractivity contribution in [1.29, 1.82) is 0 Å². The topological polar surface area (TPSA) is 54.9 Å². The van der Waals surface area contributed by atoms with Crippen molar-refractivity contribution >= 4 is 16.7 Å². The van der Waals surface area contributed by atoms with Crippen LogP contribution in [0.1, 0.15) is 38.2 Å². The molecule has 0 bridgehead atoms. The van der Waals surface area contributed by atoms with Gasteiger partial charge in [-0.25, -0.2) is 0 Å². The van der Waals surface area contributed by atoms with Gasteiger partial charge in [-0.05, 0) is 49.6 Å². The highest BCUT2D eigenvalue weighted by Gasteiger charge is 2.38. The number of nitrogens with one attached hydrogen (secondary N) is 1. The van der Waals surface area contributed by atoms with Crippen molar-refractivity contribution in [3.63, 3.8) is 0 Å². The first-order chi connectivity index (χ1) is 12.0. The van der Waals surface area contributed by atoms with E-state index in [-0.39, 0.29) is 11.3 Å². The summed E-state index contributed by atoms with van der Waals surface area (Å²) in [5.74, 6) is 0.183. The smallest absolute Gasteiger partial charge is 0.252 e. The lowest BCUT2D eigenvalue weighted by molar-refractivity contribution is -0.125. The molecule has 1 N–H and O–H groups in total. The SMILES string of the molecule is Cn1ccc2cc(-c3ccc([C@@]4(C)CCCCC4=O)c(=O)[nH]3)ccc21. The molecule has 128 valence electrons. The summed E-state index contributed by atoms with van der Waals surface area (Å²) in [7, 11) is 2.01. The van der Waals surface area contributed by atoms with E-state index in [1.165, 1.54) is 0 Å². The lowest BCUT2D eigenvalue weighted by atomic mass is 9.70. The first-order valence-electron chi connectivity index (χ1n) is 8.82. The van der Waals surface area contributed by atoms with Crippen LogP contribution in [0.2, 0.25) is 0 Å². The van der Waals surface area contributed by atoms with E-state index in [0.717, 1.165) is 41.4 Å². The minimum atomic E-state index is -0.645. The molecule has 1 atom stereocenters. The Labute approximate surface area is 146 Å². The van der Waals surface area contributed by atoms with Gasteiger partial charge >= 0.3 is 0 Å². The molecule has 1 aliphatic rings. The van der Waals surface area contributed by atoms with Crippen molar-refractivity contribution < 1.29 is 4.79 Å². The van der Waals surface area contributed by atoms with E-state index >= 15 is 0 Å². The molecule has 0 radical (unpaired) electrons. The van der Waals surface area contributed by atoms with Gasteiger partial charge in [0, 0.05) is 41.8 Å². The maximum Gasteiger partial charge on any atom is 0.252 e. The number of aromatic amines is 1. The Morgan fingerprint density at radius 3 is 2.68 bits per heavy atom. The maximum absolute atomic E-state index is 12.7. The van der Waals surface area contributed by atoms with Crippen molar-refractivity contribution in [2.45, 2.75) is 38.0 Å². The normalized spacial score (nSPS) is 21.0. The maximum atomic E-state index is 12.7. The predicted molar refractivity (Wildman–Crippen MR) is 99.8 cm³/mol. The number of rotatable bonds is 2. The molecule has 3 aromatic rings. The summed E-state index contributed by atoms with van der Waals surface area (Å²) in [6, 6.07) is 12.0. The second kappa shape index (κ2) is 5.73. The van der Waals surface area contributed by atoms with E-state index in [1.807, 2.05) is 38.4 Å². The number of fused-ring (bicyclic) bond motifs is 1. The van der Waals surface area contributed by atoms with E-state index in [0.29, 0.717) is 12.0 Å². The number of carbonyl (C=O) groups is 1. The third-order valence-corrected chi connectivity index (χ3v) is 5.65. The van der Waals surface area contributed by atoms with Crippen LogP contribution in [0.4, 0.5) is 0 Å². The average Bonchev–Trinajstić information content (AvgIpc) is 2.98. The average molecular weight is 334 g/mol. The summed E-state index contributed by atoms with van der Waals surface area (Å²) in [5, 5.41) is 1.14. The van der Waals surface area contributed by atoms with Gasteiger partial charge in [-0.3, -0.25) is 9.59 Å². The van der Waals surface area contributed by atoms with Gasteiger partial charge in [0.1, 0.15) is 5.78 Å². The first-order valence-corrected chi connectivity index (χ1v) is 8.82. The van der Waals surface area contributed by atoms with Gasteiger partial charge in [0.05, 0.1) is 5.41 Å². The molecule has 0 unspecified atom stereocenters. The monoisotopic (exact) mass is 334 g/mol. The molecule has 1 aromatic carbocycles. The minimum absolute atomic E-state index is 0.150. The molecule has 1 saturated carbocycles. The van der Waals surface area contributed by atoms with Gasteiger partial charge in [0.15, 0.2) is 0 Å². The quantitative estimate of drug-likeness (QED) is 0.772. The van der Waals surface area contributed by atoms with Crippen LogP contribution >= 0.6 is 0 Å². The van der Waals surface area contributed by atoms with E-state index in [1.54, 1.807) is 0 Å². The molecule has 4 heteroatoms. The summed E-state index contributed by atoms with van der Waals surface area (Å²) in [5.41, 5.74) is 2.72. The Kier molecular flexibility index (Phi) is 3.64. The Morgan fingerprint density at radius 2 is 1.92 bits per heavy atom. The Hall–Kier alpha value is -2.62. The zero-order valence-corrected chi connectivity index (χ0v) is 14.6. The third kappa shape index (κ3) is 2.53. The van der Waals surface area contributed by atoms with Gasteiger partial charge in [-0.1, -0.05) is 18.6 Å². The van der Waals surface area contributed by atoms with Gasteiger partial charge in [0.25, 0.3) is 5.56 Å². The van der Waals surface area contributed by atoms with Crippen LogP contribution in [0.15, 0.2) is 47.4 Å². The van der Waals surface area contributed by atoms with Crippen LogP contribution in [-0.2, 0) is 17.3 Å². The minimum Gasteiger partial charge on any atom is -0.351 e. The largest absolute Gasteiger partial charge is 0.351 e. The molecule has 4 nitrogen and oxygen atoms in total. The van der Waals surface area contributed by atoms with Crippen molar-refractivity contribution in [3.8, 4) is 11.3 Å². The lowest BCUT2D eigenvalue weighted by Gasteiger charge is -2.31. The molecule has 1 fully saturated rings. The number of hydrogen-bond acceptors (Lipinski definition) is 2. The van der Waals surface area contributed by atoms with Crippen molar-refractivity contribution in [2.75, 3.05) is 0 Å². The van der Waals surface area contributed by atoms with E-state index in [2.05, 4.69) is 27.8 Å².